The maximum atomic E-state index is 13.0. The number of pyridine rings is 1. The lowest BCUT2D eigenvalue weighted by molar-refractivity contribution is -0.121. The summed E-state index contributed by atoms with van der Waals surface area (Å²) in [5, 5.41) is 4.17. The Balaban J connectivity index is 1.43. The minimum Gasteiger partial charge on any atom is -0.457 e. The molecule has 3 aromatic carbocycles. The summed E-state index contributed by atoms with van der Waals surface area (Å²) < 4.78 is 6.07. The van der Waals surface area contributed by atoms with Crippen LogP contribution in [0.2, 0.25) is 0 Å². The SMILES string of the molecule is O=C(CC(c1cccc(Oc2ccccc2)c1)c1c[nH]c2ccccc12)NCc1ccncc1. The van der Waals surface area contributed by atoms with Crippen LogP contribution in [0.1, 0.15) is 29.0 Å². The lowest BCUT2D eigenvalue weighted by Crippen LogP contribution is -2.25. The molecule has 0 aliphatic heterocycles. The molecule has 1 atom stereocenters. The molecule has 5 rings (SSSR count). The Morgan fingerprint density at radius 3 is 2.50 bits per heavy atom. The molecule has 1 unspecified atom stereocenters. The zero-order valence-electron chi connectivity index (χ0n) is 18.6. The molecule has 168 valence electrons. The number of nitrogens with one attached hydrogen (secondary N) is 2. The largest absolute Gasteiger partial charge is 0.457 e. The molecule has 5 nitrogen and oxygen atoms in total. The van der Waals surface area contributed by atoms with Crippen molar-refractivity contribution in [3.8, 4) is 11.5 Å². The number of amides is 1. The van der Waals surface area contributed by atoms with E-state index < -0.39 is 0 Å². The van der Waals surface area contributed by atoms with Gasteiger partial charge < -0.3 is 15.0 Å². The van der Waals surface area contributed by atoms with E-state index in [4.69, 9.17) is 4.74 Å². The predicted molar refractivity (Wildman–Crippen MR) is 134 cm³/mol. The van der Waals surface area contributed by atoms with Crippen LogP contribution < -0.4 is 10.1 Å². The van der Waals surface area contributed by atoms with Crippen LogP contribution >= 0.6 is 0 Å². The number of nitrogens with zero attached hydrogens (tertiary/aromatic N) is 1. The van der Waals surface area contributed by atoms with Crippen molar-refractivity contribution in [2.45, 2.75) is 18.9 Å². The van der Waals surface area contributed by atoms with Gasteiger partial charge in [-0.3, -0.25) is 9.78 Å². The fourth-order valence-electron chi connectivity index (χ4n) is 4.17. The van der Waals surface area contributed by atoms with Crippen LogP contribution in [-0.2, 0) is 11.3 Å². The number of aromatic amines is 1. The Morgan fingerprint density at radius 1 is 0.882 bits per heavy atom. The van der Waals surface area contributed by atoms with Gasteiger partial charge >= 0.3 is 0 Å². The van der Waals surface area contributed by atoms with Crippen LogP contribution in [0.5, 0.6) is 11.5 Å². The van der Waals surface area contributed by atoms with Gasteiger partial charge in [-0.15, -0.1) is 0 Å². The molecule has 2 heterocycles. The second-order valence-electron chi connectivity index (χ2n) is 8.17. The molecule has 0 radical (unpaired) electrons. The third kappa shape index (κ3) is 4.99. The lowest BCUT2D eigenvalue weighted by atomic mass is 9.88. The monoisotopic (exact) mass is 447 g/mol. The van der Waals surface area contributed by atoms with Gasteiger partial charge in [0.15, 0.2) is 0 Å². The second kappa shape index (κ2) is 10.0. The third-order valence-corrected chi connectivity index (χ3v) is 5.86. The number of hydrogen-bond acceptors (Lipinski definition) is 3. The van der Waals surface area contributed by atoms with Gasteiger partial charge in [-0.05, 0) is 59.2 Å². The standard InChI is InChI=1S/C29H25N3O2/c33-29(32-19-21-13-15-30-16-14-21)18-26(27-20-31-28-12-5-4-11-25(27)28)22-7-6-10-24(17-22)34-23-8-2-1-3-9-23/h1-17,20,26,31H,18-19H2,(H,32,33). The average Bonchev–Trinajstić information content (AvgIpc) is 3.31. The number of benzene rings is 3. The molecule has 1 amide bonds. The van der Waals surface area contributed by atoms with Gasteiger partial charge in [-0.2, -0.15) is 0 Å². The molecule has 34 heavy (non-hydrogen) atoms. The van der Waals surface area contributed by atoms with Crippen molar-refractivity contribution in [3.63, 3.8) is 0 Å². The molecule has 0 fully saturated rings. The van der Waals surface area contributed by atoms with Crippen molar-refractivity contribution >= 4 is 16.8 Å². The van der Waals surface area contributed by atoms with E-state index in [9.17, 15) is 4.79 Å². The fraction of sp³-hybridized carbons (Fsp3) is 0.103. The van der Waals surface area contributed by atoms with Crippen molar-refractivity contribution in [2.24, 2.45) is 0 Å². The second-order valence-corrected chi connectivity index (χ2v) is 8.17. The van der Waals surface area contributed by atoms with E-state index in [1.54, 1.807) is 12.4 Å². The molecule has 0 saturated heterocycles. The van der Waals surface area contributed by atoms with Gasteiger partial charge in [0.2, 0.25) is 5.91 Å². The fourth-order valence-corrected chi connectivity index (χ4v) is 4.17. The summed E-state index contributed by atoms with van der Waals surface area (Å²) in [7, 11) is 0. The summed E-state index contributed by atoms with van der Waals surface area (Å²) in [4.78, 5) is 20.4. The summed E-state index contributed by atoms with van der Waals surface area (Å²) in [5.74, 6) is 1.37. The summed E-state index contributed by atoms with van der Waals surface area (Å²) in [6, 6.07) is 29.7. The van der Waals surface area contributed by atoms with Crippen LogP contribution in [0.15, 0.2) is 110 Å². The lowest BCUT2D eigenvalue weighted by Gasteiger charge is -2.18. The van der Waals surface area contributed by atoms with Gasteiger partial charge in [-0.1, -0.05) is 48.5 Å². The Bertz CT molecular complexity index is 1380. The maximum absolute atomic E-state index is 13.0. The number of carbonyl (C=O) groups is 1. The first-order chi connectivity index (χ1) is 16.8. The predicted octanol–water partition coefficient (Wildman–Crippen LogP) is 6.19. The van der Waals surface area contributed by atoms with E-state index in [1.807, 2.05) is 85.1 Å². The van der Waals surface area contributed by atoms with E-state index in [1.165, 1.54) is 0 Å². The number of carbonyl (C=O) groups excluding carboxylic acids is 1. The van der Waals surface area contributed by atoms with Gasteiger partial charge in [0.1, 0.15) is 11.5 Å². The number of hydrogen-bond donors (Lipinski definition) is 2. The van der Waals surface area contributed by atoms with Gasteiger partial charge in [0.25, 0.3) is 0 Å². The molecular weight excluding hydrogens is 422 g/mol. The van der Waals surface area contributed by atoms with E-state index in [-0.39, 0.29) is 11.8 Å². The summed E-state index contributed by atoms with van der Waals surface area (Å²) in [6.45, 7) is 0.471. The quantitative estimate of drug-likeness (QED) is 0.298. The van der Waals surface area contributed by atoms with Crippen molar-refractivity contribution in [1.82, 2.24) is 15.3 Å². The van der Waals surface area contributed by atoms with E-state index in [0.717, 1.165) is 39.1 Å². The minimum absolute atomic E-state index is 0.0125. The molecule has 0 bridgehead atoms. The molecule has 0 saturated carbocycles. The Kier molecular flexibility index (Phi) is 6.34. The molecule has 0 spiro atoms. The van der Waals surface area contributed by atoms with Crippen LogP contribution in [-0.4, -0.2) is 15.9 Å². The Labute approximate surface area is 198 Å². The molecule has 5 aromatic rings. The highest BCUT2D eigenvalue weighted by Gasteiger charge is 2.22. The number of para-hydroxylation sites is 2. The van der Waals surface area contributed by atoms with Crippen LogP contribution in [0.3, 0.4) is 0 Å². The number of aromatic nitrogens is 2. The Morgan fingerprint density at radius 2 is 1.65 bits per heavy atom. The molecule has 5 heteroatoms. The summed E-state index contributed by atoms with van der Waals surface area (Å²) in [5.41, 5.74) is 4.19. The number of fused-ring (bicyclic) bond motifs is 1. The Hall–Kier alpha value is -4.38. The zero-order chi connectivity index (χ0) is 23.2. The molecule has 2 aromatic heterocycles. The maximum Gasteiger partial charge on any atom is 0.221 e. The van der Waals surface area contributed by atoms with Crippen molar-refractivity contribution in [1.29, 1.82) is 0 Å². The van der Waals surface area contributed by atoms with Crippen LogP contribution in [0.4, 0.5) is 0 Å². The van der Waals surface area contributed by atoms with Crippen molar-refractivity contribution in [2.75, 3.05) is 0 Å². The zero-order valence-corrected chi connectivity index (χ0v) is 18.6. The average molecular weight is 448 g/mol. The smallest absolute Gasteiger partial charge is 0.221 e. The molecule has 0 aliphatic rings. The van der Waals surface area contributed by atoms with Gasteiger partial charge in [0.05, 0.1) is 0 Å². The molecule has 0 aliphatic carbocycles. The number of rotatable bonds is 8. The normalized spacial score (nSPS) is 11.8. The third-order valence-electron chi connectivity index (χ3n) is 5.86. The summed E-state index contributed by atoms with van der Waals surface area (Å²) >= 11 is 0. The van der Waals surface area contributed by atoms with E-state index >= 15 is 0 Å². The number of ether oxygens (including phenoxy) is 1. The topological polar surface area (TPSA) is 67.0 Å². The first-order valence-corrected chi connectivity index (χ1v) is 11.3. The highest BCUT2D eigenvalue weighted by atomic mass is 16.5. The van der Waals surface area contributed by atoms with Crippen molar-refractivity contribution < 1.29 is 9.53 Å². The van der Waals surface area contributed by atoms with E-state index in [0.29, 0.717) is 13.0 Å². The van der Waals surface area contributed by atoms with E-state index in [2.05, 4.69) is 27.4 Å². The molecular formula is C29H25N3O2. The first kappa shape index (κ1) is 21.5. The minimum atomic E-state index is -0.132. The van der Waals surface area contributed by atoms with Gasteiger partial charge in [0, 0.05) is 48.4 Å². The highest BCUT2D eigenvalue weighted by Crippen LogP contribution is 2.35. The van der Waals surface area contributed by atoms with Crippen molar-refractivity contribution in [3.05, 3.63) is 126 Å². The highest BCUT2D eigenvalue weighted by molar-refractivity contribution is 5.86. The molecule has 2 N–H and O–H groups in total. The number of H-pyrrole nitrogens is 1. The van der Waals surface area contributed by atoms with Crippen LogP contribution in [0, 0.1) is 0 Å². The first-order valence-electron chi connectivity index (χ1n) is 11.3. The van der Waals surface area contributed by atoms with Gasteiger partial charge in [-0.25, -0.2) is 0 Å². The summed E-state index contributed by atoms with van der Waals surface area (Å²) in [6.07, 6.45) is 5.79. The van der Waals surface area contributed by atoms with Crippen LogP contribution in [0.25, 0.3) is 10.9 Å².